The predicted octanol–water partition coefficient (Wildman–Crippen LogP) is 0.696. The van der Waals surface area contributed by atoms with Crippen LogP contribution in [0.2, 0.25) is 0 Å². The number of nitrogens with two attached hydrogens (primary N) is 1. The van der Waals surface area contributed by atoms with Gasteiger partial charge in [0.25, 0.3) is 0 Å². The largest absolute Gasteiger partial charge is 0.345 e. The molecular formula is C10H20N2O. The molecule has 13 heavy (non-hydrogen) atoms. The second-order valence-electron chi connectivity index (χ2n) is 4.30. The lowest BCUT2D eigenvalue weighted by Gasteiger charge is -2.24. The SMILES string of the molecule is CC(C)C(CN)C1CCN(C)C1=O. The molecule has 0 saturated carbocycles. The highest BCUT2D eigenvalue weighted by Gasteiger charge is 2.35. The van der Waals surface area contributed by atoms with Gasteiger partial charge < -0.3 is 10.6 Å². The number of hydrogen-bond donors (Lipinski definition) is 1. The van der Waals surface area contributed by atoms with Gasteiger partial charge in [-0.1, -0.05) is 13.8 Å². The Morgan fingerprint density at radius 1 is 1.62 bits per heavy atom. The molecule has 3 heteroatoms. The third-order valence-electron chi connectivity index (χ3n) is 3.11. The predicted molar refractivity (Wildman–Crippen MR) is 53.1 cm³/mol. The van der Waals surface area contributed by atoms with Crippen molar-refractivity contribution in [3.8, 4) is 0 Å². The summed E-state index contributed by atoms with van der Waals surface area (Å²) in [6, 6.07) is 0. The summed E-state index contributed by atoms with van der Waals surface area (Å²) in [5.41, 5.74) is 5.69. The van der Waals surface area contributed by atoms with Gasteiger partial charge in [-0.2, -0.15) is 0 Å². The quantitative estimate of drug-likeness (QED) is 0.701. The van der Waals surface area contributed by atoms with Crippen LogP contribution in [-0.2, 0) is 4.79 Å². The third kappa shape index (κ3) is 2.02. The van der Waals surface area contributed by atoms with E-state index in [-0.39, 0.29) is 11.8 Å². The highest BCUT2D eigenvalue weighted by Crippen LogP contribution is 2.28. The van der Waals surface area contributed by atoms with Crippen LogP contribution in [0.25, 0.3) is 0 Å². The van der Waals surface area contributed by atoms with Crippen LogP contribution < -0.4 is 5.73 Å². The first-order chi connectivity index (χ1) is 6.07. The average Bonchev–Trinajstić information content (AvgIpc) is 2.37. The van der Waals surface area contributed by atoms with Crippen molar-refractivity contribution in [1.29, 1.82) is 0 Å². The topological polar surface area (TPSA) is 46.3 Å². The molecule has 2 unspecified atom stereocenters. The highest BCUT2D eigenvalue weighted by molar-refractivity contribution is 5.80. The Bertz CT molecular complexity index is 191. The molecule has 0 bridgehead atoms. The van der Waals surface area contributed by atoms with Gasteiger partial charge in [0.05, 0.1) is 0 Å². The number of carbonyl (C=O) groups excluding carboxylic acids is 1. The van der Waals surface area contributed by atoms with Crippen LogP contribution in [0.1, 0.15) is 20.3 Å². The molecule has 1 aliphatic heterocycles. The summed E-state index contributed by atoms with van der Waals surface area (Å²) in [5, 5.41) is 0. The van der Waals surface area contributed by atoms with Crippen molar-refractivity contribution in [2.75, 3.05) is 20.1 Å². The molecule has 2 N–H and O–H groups in total. The first-order valence-corrected chi connectivity index (χ1v) is 5.03. The second-order valence-corrected chi connectivity index (χ2v) is 4.30. The maximum Gasteiger partial charge on any atom is 0.225 e. The lowest BCUT2D eigenvalue weighted by molar-refractivity contribution is -0.131. The van der Waals surface area contributed by atoms with Crippen LogP contribution in [-0.4, -0.2) is 30.9 Å². The van der Waals surface area contributed by atoms with Crippen LogP contribution >= 0.6 is 0 Å². The van der Waals surface area contributed by atoms with E-state index >= 15 is 0 Å². The fourth-order valence-electron chi connectivity index (χ4n) is 2.15. The van der Waals surface area contributed by atoms with E-state index in [0.717, 1.165) is 13.0 Å². The van der Waals surface area contributed by atoms with Gasteiger partial charge >= 0.3 is 0 Å². The van der Waals surface area contributed by atoms with Crippen molar-refractivity contribution in [1.82, 2.24) is 4.90 Å². The molecule has 0 spiro atoms. The Balaban J connectivity index is 2.65. The number of carbonyl (C=O) groups is 1. The molecular weight excluding hydrogens is 164 g/mol. The zero-order chi connectivity index (χ0) is 10.0. The van der Waals surface area contributed by atoms with Crippen molar-refractivity contribution < 1.29 is 4.79 Å². The minimum Gasteiger partial charge on any atom is -0.345 e. The Labute approximate surface area is 80.3 Å². The number of amides is 1. The van der Waals surface area contributed by atoms with E-state index in [0.29, 0.717) is 18.4 Å². The number of nitrogens with zero attached hydrogens (tertiary/aromatic N) is 1. The molecule has 76 valence electrons. The van der Waals surface area contributed by atoms with Crippen LogP contribution in [0.5, 0.6) is 0 Å². The second kappa shape index (κ2) is 4.09. The zero-order valence-electron chi connectivity index (χ0n) is 8.79. The Morgan fingerprint density at radius 3 is 2.54 bits per heavy atom. The summed E-state index contributed by atoms with van der Waals surface area (Å²) >= 11 is 0. The molecule has 1 rings (SSSR count). The summed E-state index contributed by atoms with van der Waals surface area (Å²) < 4.78 is 0. The van der Waals surface area contributed by atoms with Gasteiger partial charge in [-0.3, -0.25) is 4.79 Å². The maximum atomic E-state index is 11.7. The minimum atomic E-state index is 0.176. The van der Waals surface area contributed by atoms with Gasteiger partial charge in [0.15, 0.2) is 0 Å². The van der Waals surface area contributed by atoms with Crippen molar-refractivity contribution in [3.63, 3.8) is 0 Å². The molecule has 0 aliphatic carbocycles. The lowest BCUT2D eigenvalue weighted by atomic mass is 9.82. The molecule has 1 fully saturated rings. The summed E-state index contributed by atoms with van der Waals surface area (Å²) in [7, 11) is 1.87. The van der Waals surface area contributed by atoms with E-state index in [4.69, 9.17) is 5.73 Å². The molecule has 0 aromatic rings. The van der Waals surface area contributed by atoms with Crippen molar-refractivity contribution >= 4 is 5.91 Å². The molecule has 1 saturated heterocycles. The van der Waals surface area contributed by atoms with Gasteiger partial charge in [0.1, 0.15) is 0 Å². The van der Waals surface area contributed by atoms with E-state index in [1.54, 1.807) is 0 Å². The summed E-state index contributed by atoms with van der Waals surface area (Å²) in [6.07, 6.45) is 0.982. The minimum absolute atomic E-state index is 0.176. The van der Waals surface area contributed by atoms with Crippen LogP contribution in [0.15, 0.2) is 0 Å². The lowest BCUT2D eigenvalue weighted by Crippen LogP contribution is -2.33. The highest BCUT2D eigenvalue weighted by atomic mass is 16.2. The molecule has 0 aromatic heterocycles. The van der Waals surface area contributed by atoms with E-state index in [1.807, 2.05) is 11.9 Å². The zero-order valence-corrected chi connectivity index (χ0v) is 8.79. The van der Waals surface area contributed by atoms with E-state index in [1.165, 1.54) is 0 Å². The van der Waals surface area contributed by atoms with Crippen molar-refractivity contribution in [3.05, 3.63) is 0 Å². The normalized spacial score (nSPS) is 25.8. The average molecular weight is 184 g/mol. The Kier molecular flexibility index (Phi) is 3.31. The van der Waals surface area contributed by atoms with Crippen LogP contribution in [0.3, 0.4) is 0 Å². The molecule has 1 heterocycles. The number of rotatable bonds is 3. The fourth-order valence-corrected chi connectivity index (χ4v) is 2.15. The smallest absolute Gasteiger partial charge is 0.225 e. The summed E-state index contributed by atoms with van der Waals surface area (Å²) in [6.45, 7) is 5.81. The number of likely N-dealkylation sites (tertiary alicyclic amines) is 1. The fraction of sp³-hybridized carbons (Fsp3) is 0.900. The maximum absolute atomic E-state index is 11.7. The van der Waals surface area contributed by atoms with Gasteiger partial charge in [-0.15, -0.1) is 0 Å². The third-order valence-corrected chi connectivity index (χ3v) is 3.11. The molecule has 3 nitrogen and oxygen atoms in total. The van der Waals surface area contributed by atoms with E-state index in [9.17, 15) is 4.79 Å². The van der Waals surface area contributed by atoms with Gasteiger partial charge in [-0.25, -0.2) is 0 Å². The van der Waals surface area contributed by atoms with Gasteiger partial charge in [-0.05, 0) is 24.8 Å². The first kappa shape index (κ1) is 10.5. The molecule has 0 aromatic carbocycles. The van der Waals surface area contributed by atoms with Crippen LogP contribution in [0.4, 0.5) is 0 Å². The van der Waals surface area contributed by atoms with Gasteiger partial charge in [0, 0.05) is 19.5 Å². The Morgan fingerprint density at radius 2 is 2.23 bits per heavy atom. The Hall–Kier alpha value is -0.570. The standard InChI is InChI=1S/C10H20N2O/c1-7(2)9(6-11)8-4-5-12(3)10(8)13/h7-9H,4-6,11H2,1-3H3. The van der Waals surface area contributed by atoms with Crippen molar-refractivity contribution in [2.24, 2.45) is 23.5 Å². The summed E-state index contributed by atoms with van der Waals surface area (Å²) in [5.74, 6) is 1.32. The molecule has 1 aliphatic rings. The summed E-state index contributed by atoms with van der Waals surface area (Å²) in [4.78, 5) is 13.5. The van der Waals surface area contributed by atoms with E-state index < -0.39 is 0 Å². The van der Waals surface area contributed by atoms with Crippen molar-refractivity contribution in [2.45, 2.75) is 20.3 Å². The van der Waals surface area contributed by atoms with Crippen LogP contribution in [0, 0.1) is 17.8 Å². The first-order valence-electron chi connectivity index (χ1n) is 5.03. The molecule has 0 radical (unpaired) electrons. The molecule has 1 amide bonds. The van der Waals surface area contributed by atoms with E-state index in [2.05, 4.69) is 13.8 Å². The van der Waals surface area contributed by atoms with Gasteiger partial charge in [0.2, 0.25) is 5.91 Å². The molecule has 2 atom stereocenters. The monoisotopic (exact) mass is 184 g/mol. The number of hydrogen-bond acceptors (Lipinski definition) is 2.